The molecule has 5 heterocycles. The van der Waals surface area contributed by atoms with Crippen LogP contribution in [-0.4, -0.2) is 32.1 Å². The van der Waals surface area contributed by atoms with Gasteiger partial charge in [-0.15, -0.1) is 0 Å². The van der Waals surface area contributed by atoms with E-state index in [-0.39, 0.29) is 11.4 Å². The molecule has 0 atom stereocenters. The molecule has 1 spiro atoms. The number of ether oxygens (including phenoxy) is 1. The Morgan fingerprint density at radius 1 is 0.725 bits per heavy atom. The summed E-state index contributed by atoms with van der Waals surface area (Å²) in [4.78, 5) is 19.1. The van der Waals surface area contributed by atoms with Crippen molar-refractivity contribution in [3.8, 4) is 0 Å². The lowest BCUT2D eigenvalue weighted by molar-refractivity contribution is 0.0230. The first-order valence-electron chi connectivity index (χ1n) is 15.3. The van der Waals surface area contributed by atoms with Crippen LogP contribution in [-0.2, 0) is 41.4 Å². The van der Waals surface area contributed by atoms with Crippen molar-refractivity contribution in [3.05, 3.63) is 90.4 Å². The molecule has 1 aliphatic carbocycles. The Hall–Kier alpha value is -2.79. The van der Waals surface area contributed by atoms with Crippen molar-refractivity contribution >= 4 is 33.3 Å². The predicted molar refractivity (Wildman–Crippen MR) is 162 cm³/mol. The highest BCUT2D eigenvalue weighted by Crippen LogP contribution is 2.62. The molecule has 0 fully saturated rings. The largest absolute Gasteiger partial charge is 0.441 e. The molecule has 3 aromatic carbocycles. The molecule has 5 aliphatic heterocycles. The number of fused-ring (bicyclic) bond motifs is 8. The molecule has 0 unspecified atom stereocenters. The minimum absolute atomic E-state index is 0.184. The maximum absolute atomic E-state index is 13.8. The minimum atomic E-state index is -0.899. The molecule has 40 heavy (non-hydrogen) atoms. The van der Waals surface area contributed by atoms with Gasteiger partial charge in [-0.25, -0.2) is 4.79 Å². The van der Waals surface area contributed by atoms with E-state index in [0.717, 1.165) is 61.9 Å². The number of nitrogens with zero attached hydrogens (tertiary/aromatic N) is 2. The molecule has 0 bridgehead atoms. The van der Waals surface area contributed by atoms with Crippen molar-refractivity contribution in [2.45, 2.75) is 76.2 Å². The standard InChI is InChI=1S/C35H35BrN2O2/c1-34(2)29-23-9-5-15-37-13-3-7-20(31(23)37)17-27(29)35(26-12-11-22(36)19-25(26)33(39)40-35)28-18-21-8-4-14-38-16-6-10-24(30(28)34)32(21)38/h11-12,17-19H,3-10,13-16H2,1-2H3. The molecule has 0 N–H and O–H groups in total. The first-order chi connectivity index (χ1) is 19.4. The van der Waals surface area contributed by atoms with E-state index in [4.69, 9.17) is 4.74 Å². The Balaban J connectivity index is 1.46. The molecule has 0 amide bonds. The second-order valence-corrected chi connectivity index (χ2v) is 14.3. The number of esters is 1. The third-order valence-corrected chi connectivity index (χ3v) is 11.4. The minimum Gasteiger partial charge on any atom is -0.441 e. The summed E-state index contributed by atoms with van der Waals surface area (Å²) in [5.74, 6) is -0.200. The zero-order valence-corrected chi connectivity index (χ0v) is 25.0. The van der Waals surface area contributed by atoms with Crippen LogP contribution in [0.5, 0.6) is 0 Å². The number of benzene rings is 3. The van der Waals surface area contributed by atoms with Crippen molar-refractivity contribution in [2.75, 3.05) is 36.0 Å². The summed E-state index contributed by atoms with van der Waals surface area (Å²) in [5, 5.41) is 0. The van der Waals surface area contributed by atoms with Crippen molar-refractivity contribution in [2.24, 2.45) is 0 Å². The molecule has 9 rings (SSSR count). The van der Waals surface area contributed by atoms with Crippen molar-refractivity contribution in [3.63, 3.8) is 0 Å². The van der Waals surface area contributed by atoms with E-state index in [1.807, 2.05) is 6.07 Å². The molecular weight excluding hydrogens is 560 g/mol. The average Bonchev–Trinajstić information content (AvgIpc) is 3.24. The average molecular weight is 596 g/mol. The Morgan fingerprint density at radius 3 is 1.80 bits per heavy atom. The van der Waals surface area contributed by atoms with Crippen LogP contribution in [0.15, 0.2) is 34.8 Å². The Bertz CT molecular complexity index is 1580. The lowest BCUT2D eigenvalue weighted by Gasteiger charge is -2.51. The van der Waals surface area contributed by atoms with Crippen LogP contribution in [0.25, 0.3) is 0 Å². The molecule has 0 saturated heterocycles. The monoisotopic (exact) mass is 594 g/mol. The molecule has 4 nitrogen and oxygen atoms in total. The van der Waals surface area contributed by atoms with E-state index in [1.165, 1.54) is 81.6 Å². The van der Waals surface area contributed by atoms with Gasteiger partial charge in [0.05, 0.1) is 5.56 Å². The maximum atomic E-state index is 13.8. The first-order valence-corrected chi connectivity index (χ1v) is 16.1. The first kappa shape index (κ1) is 23.9. The normalized spacial score (nSPS) is 22.2. The van der Waals surface area contributed by atoms with Crippen LogP contribution in [0.1, 0.15) is 100.0 Å². The number of hydrogen-bond acceptors (Lipinski definition) is 4. The zero-order chi connectivity index (χ0) is 27.0. The molecule has 0 radical (unpaired) electrons. The van der Waals surface area contributed by atoms with E-state index in [1.54, 1.807) is 0 Å². The SMILES string of the molecule is CC1(C)c2c(cc3c4c2CCCN4CCC3)C2(OC(=O)c3cc(Br)ccc32)c2cc3c4c(c21)CCCN4CCC3. The Morgan fingerprint density at radius 2 is 1.25 bits per heavy atom. The summed E-state index contributed by atoms with van der Waals surface area (Å²) in [7, 11) is 0. The fourth-order valence-electron chi connectivity index (χ4n) is 9.61. The quantitative estimate of drug-likeness (QED) is 0.264. The third kappa shape index (κ3) is 2.80. The van der Waals surface area contributed by atoms with Crippen LogP contribution < -0.4 is 9.80 Å². The molecule has 3 aromatic rings. The van der Waals surface area contributed by atoms with Crippen LogP contribution in [0, 0.1) is 0 Å². The van der Waals surface area contributed by atoms with Crippen LogP contribution in [0.2, 0.25) is 0 Å². The fraction of sp³-hybridized carbons (Fsp3) is 0.457. The number of anilines is 2. The lowest BCUT2D eigenvalue weighted by Crippen LogP contribution is -2.46. The highest BCUT2D eigenvalue weighted by atomic mass is 79.9. The molecule has 204 valence electrons. The predicted octanol–water partition coefficient (Wildman–Crippen LogP) is 6.95. The van der Waals surface area contributed by atoms with Crippen LogP contribution in [0.4, 0.5) is 11.4 Å². The van der Waals surface area contributed by atoms with Gasteiger partial charge in [-0.3, -0.25) is 0 Å². The highest BCUT2D eigenvalue weighted by Gasteiger charge is 2.58. The summed E-state index contributed by atoms with van der Waals surface area (Å²) in [6, 6.07) is 11.2. The number of carbonyl (C=O) groups is 1. The van der Waals surface area contributed by atoms with E-state index in [2.05, 4.69) is 63.8 Å². The van der Waals surface area contributed by atoms with E-state index in [9.17, 15) is 4.79 Å². The number of aryl methyl sites for hydroxylation is 2. The third-order valence-electron chi connectivity index (χ3n) is 10.9. The molecule has 5 heteroatoms. The highest BCUT2D eigenvalue weighted by molar-refractivity contribution is 9.10. The van der Waals surface area contributed by atoms with Gasteiger partial charge in [0.15, 0.2) is 5.60 Å². The van der Waals surface area contributed by atoms with Gasteiger partial charge in [-0.2, -0.15) is 0 Å². The molecule has 0 aromatic heterocycles. The second kappa shape index (κ2) is 7.94. The van der Waals surface area contributed by atoms with E-state index >= 15 is 0 Å². The molecule has 0 saturated carbocycles. The summed E-state index contributed by atoms with van der Waals surface area (Å²) in [6.07, 6.45) is 9.15. The summed E-state index contributed by atoms with van der Waals surface area (Å²) >= 11 is 3.64. The van der Waals surface area contributed by atoms with Gasteiger partial charge in [0.25, 0.3) is 0 Å². The van der Waals surface area contributed by atoms with Gasteiger partial charge in [0.1, 0.15) is 0 Å². The van der Waals surface area contributed by atoms with Gasteiger partial charge < -0.3 is 14.5 Å². The van der Waals surface area contributed by atoms with Crippen molar-refractivity contribution < 1.29 is 9.53 Å². The van der Waals surface area contributed by atoms with Gasteiger partial charge in [0.2, 0.25) is 0 Å². The van der Waals surface area contributed by atoms with E-state index < -0.39 is 5.60 Å². The van der Waals surface area contributed by atoms with Gasteiger partial charge in [0, 0.05) is 64.1 Å². The van der Waals surface area contributed by atoms with Crippen LogP contribution >= 0.6 is 15.9 Å². The second-order valence-electron chi connectivity index (χ2n) is 13.3. The summed E-state index contributed by atoms with van der Waals surface area (Å²) < 4.78 is 7.77. The Labute approximate surface area is 244 Å². The Kier molecular flexibility index (Phi) is 4.74. The molecular formula is C35H35BrN2O2. The number of carbonyl (C=O) groups excluding carboxylic acids is 1. The lowest BCUT2D eigenvalue weighted by atomic mass is 9.57. The molecule has 6 aliphatic rings. The van der Waals surface area contributed by atoms with Gasteiger partial charge in [-0.05, 0) is 109 Å². The maximum Gasteiger partial charge on any atom is 0.340 e. The summed E-state index contributed by atoms with van der Waals surface area (Å²) in [5.41, 5.74) is 14.9. The van der Waals surface area contributed by atoms with Gasteiger partial charge in [-0.1, -0.05) is 35.8 Å². The van der Waals surface area contributed by atoms with Crippen molar-refractivity contribution in [1.29, 1.82) is 0 Å². The number of halogens is 1. The number of rotatable bonds is 0. The van der Waals surface area contributed by atoms with Gasteiger partial charge >= 0.3 is 5.97 Å². The summed E-state index contributed by atoms with van der Waals surface area (Å²) in [6.45, 7) is 9.54. The zero-order valence-electron chi connectivity index (χ0n) is 23.5. The fourth-order valence-corrected chi connectivity index (χ4v) is 9.98. The van der Waals surface area contributed by atoms with E-state index in [0.29, 0.717) is 5.56 Å². The van der Waals surface area contributed by atoms with Crippen LogP contribution in [0.3, 0.4) is 0 Å². The number of hydrogen-bond donors (Lipinski definition) is 0. The smallest absolute Gasteiger partial charge is 0.340 e. The topological polar surface area (TPSA) is 32.8 Å². The van der Waals surface area contributed by atoms with Crippen molar-refractivity contribution in [1.82, 2.24) is 0 Å².